The number of rotatable bonds is 10. The standard InChI is InChI=1S/C43H52O10S2/c1-22(2)12-15-51-33-19-30(39(47)41(50-3)40(33)48)43-13-11-34-38(42(43)49)37-32(53-43)20-31(52-16-14-44)35-27-10-8-24(46)18-28(27)26(29(21-45)36(35)37)9-7-23-5-4-6-25(17-23)54-55-34/h4,6,8,10,18-20,22-23,25-26,29,34,38,42,44-49H,5,7,9,11-17,21H2,1-3H3/t23-,25+,26-,29-,34-,38-,42-,43+/m1/s1. The Morgan fingerprint density at radius 3 is 2.53 bits per heavy atom. The maximum atomic E-state index is 13.0. The average Bonchev–Trinajstić information content (AvgIpc) is 3.17. The number of hydrogen-bond acceptors (Lipinski definition) is 12. The zero-order chi connectivity index (χ0) is 38.6. The Balaban J connectivity index is 1.38. The second kappa shape index (κ2) is 15.5. The van der Waals surface area contributed by atoms with Crippen molar-refractivity contribution in [1.29, 1.82) is 0 Å². The van der Waals surface area contributed by atoms with Gasteiger partial charge in [0.1, 0.15) is 30.0 Å². The van der Waals surface area contributed by atoms with Gasteiger partial charge in [0.2, 0.25) is 11.5 Å². The summed E-state index contributed by atoms with van der Waals surface area (Å²) in [5.74, 6) is 0.186. The fourth-order valence-electron chi connectivity index (χ4n) is 9.83. The van der Waals surface area contributed by atoms with Crippen LogP contribution in [0.3, 0.4) is 0 Å². The van der Waals surface area contributed by atoms with Gasteiger partial charge in [0.25, 0.3) is 0 Å². The lowest BCUT2D eigenvalue weighted by Crippen LogP contribution is -2.57. The number of benzene rings is 3. The number of allylic oxidation sites excluding steroid dienone is 1. The van der Waals surface area contributed by atoms with E-state index in [-0.39, 0.29) is 65.3 Å². The third-order valence-corrected chi connectivity index (χ3v) is 15.8. The average molecular weight is 793 g/mol. The summed E-state index contributed by atoms with van der Waals surface area (Å²) in [6.07, 6.45) is 8.95. The molecule has 6 bridgehead atoms. The molecule has 55 heavy (non-hydrogen) atoms. The molecule has 2 heterocycles. The molecule has 6 N–H and O–H groups in total. The lowest BCUT2D eigenvalue weighted by molar-refractivity contribution is -0.112. The molecule has 5 aliphatic rings. The molecule has 3 aliphatic carbocycles. The van der Waals surface area contributed by atoms with Gasteiger partial charge in [0.05, 0.1) is 26.9 Å². The van der Waals surface area contributed by atoms with Crippen LogP contribution in [0.15, 0.2) is 42.5 Å². The molecule has 0 unspecified atom stereocenters. The van der Waals surface area contributed by atoms with Crippen LogP contribution in [0.4, 0.5) is 0 Å². The number of hydrogen-bond donors (Lipinski definition) is 6. The highest BCUT2D eigenvalue weighted by atomic mass is 33.1. The summed E-state index contributed by atoms with van der Waals surface area (Å²) >= 11 is 0. The van der Waals surface area contributed by atoms with Crippen molar-refractivity contribution < 1.29 is 49.6 Å². The third kappa shape index (κ3) is 6.59. The molecule has 10 nitrogen and oxygen atoms in total. The van der Waals surface area contributed by atoms with Crippen LogP contribution in [0.5, 0.6) is 40.2 Å². The Morgan fingerprint density at radius 2 is 1.76 bits per heavy atom. The van der Waals surface area contributed by atoms with E-state index in [1.807, 2.05) is 29.0 Å². The second-order valence-corrected chi connectivity index (χ2v) is 18.9. The number of phenolic OH excluding ortho intramolecular Hbond substituents is 3. The van der Waals surface area contributed by atoms with Crippen LogP contribution in [0.1, 0.15) is 98.8 Å². The van der Waals surface area contributed by atoms with E-state index < -0.39 is 23.5 Å². The first-order valence-electron chi connectivity index (χ1n) is 19.6. The normalized spacial score (nSPS) is 29.0. The minimum Gasteiger partial charge on any atom is -0.508 e. The van der Waals surface area contributed by atoms with Crippen LogP contribution in [0.2, 0.25) is 0 Å². The highest BCUT2D eigenvalue weighted by molar-refractivity contribution is 8.77. The minimum absolute atomic E-state index is 0.0151. The topological polar surface area (TPSA) is 158 Å². The molecule has 0 amide bonds. The summed E-state index contributed by atoms with van der Waals surface area (Å²) in [6, 6.07) is 8.80. The first-order chi connectivity index (χ1) is 26.6. The van der Waals surface area contributed by atoms with Crippen LogP contribution in [0.25, 0.3) is 11.1 Å². The van der Waals surface area contributed by atoms with E-state index in [2.05, 4.69) is 26.0 Å². The Morgan fingerprint density at radius 1 is 0.945 bits per heavy atom. The largest absolute Gasteiger partial charge is 0.508 e. The molecule has 8 atom stereocenters. The van der Waals surface area contributed by atoms with Gasteiger partial charge >= 0.3 is 0 Å². The molecule has 0 saturated heterocycles. The van der Waals surface area contributed by atoms with E-state index in [0.717, 1.165) is 59.9 Å². The predicted molar refractivity (Wildman–Crippen MR) is 214 cm³/mol. The monoisotopic (exact) mass is 792 g/mol. The number of aliphatic hydroxyl groups excluding tert-OH is 3. The van der Waals surface area contributed by atoms with Gasteiger partial charge in [0.15, 0.2) is 17.1 Å². The smallest absolute Gasteiger partial charge is 0.207 e. The van der Waals surface area contributed by atoms with E-state index in [4.69, 9.17) is 18.9 Å². The van der Waals surface area contributed by atoms with Gasteiger partial charge < -0.3 is 49.6 Å². The third-order valence-electron chi connectivity index (χ3n) is 12.5. The zero-order valence-electron chi connectivity index (χ0n) is 31.6. The summed E-state index contributed by atoms with van der Waals surface area (Å²) in [5, 5.41) is 68.5. The highest BCUT2D eigenvalue weighted by Gasteiger charge is 2.60. The van der Waals surface area contributed by atoms with Gasteiger partial charge in [-0.25, -0.2) is 0 Å². The number of aliphatic hydroxyl groups is 3. The van der Waals surface area contributed by atoms with E-state index in [9.17, 15) is 30.6 Å². The quantitative estimate of drug-likeness (QED) is 0.0874. The first-order valence-corrected chi connectivity index (χ1v) is 21.9. The maximum Gasteiger partial charge on any atom is 0.207 e. The molecule has 3 aromatic rings. The van der Waals surface area contributed by atoms with Crippen LogP contribution in [-0.2, 0) is 5.60 Å². The summed E-state index contributed by atoms with van der Waals surface area (Å²) < 4.78 is 25.1. The fraction of sp³-hybridized carbons (Fsp3) is 0.535. The molecule has 296 valence electrons. The van der Waals surface area contributed by atoms with Crippen molar-refractivity contribution in [2.45, 2.75) is 98.8 Å². The zero-order valence-corrected chi connectivity index (χ0v) is 33.2. The van der Waals surface area contributed by atoms with Crippen LogP contribution >= 0.6 is 21.6 Å². The molecule has 1 saturated carbocycles. The molecule has 0 aromatic heterocycles. The Bertz CT molecular complexity index is 1950. The summed E-state index contributed by atoms with van der Waals surface area (Å²) in [5.41, 5.74) is 3.06. The number of aromatic hydroxyl groups is 3. The summed E-state index contributed by atoms with van der Waals surface area (Å²) in [6.45, 7) is 4.11. The lowest BCUT2D eigenvalue weighted by Gasteiger charge is -2.54. The number of phenols is 3. The Hall–Kier alpha value is -3.42. The molecule has 0 radical (unpaired) electrons. The van der Waals surface area contributed by atoms with Crippen molar-refractivity contribution in [1.82, 2.24) is 0 Å². The van der Waals surface area contributed by atoms with E-state index >= 15 is 0 Å². The van der Waals surface area contributed by atoms with Crippen molar-refractivity contribution >= 4 is 21.6 Å². The van der Waals surface area contributed by atoms with Crippen molar-refractivity contribution in [2.75, 3.05) is 33.5 Å². The summed E-state index contributed by atoms with van der Waals surface area (Å²) in [4.78, 5) is 0. The lowest BCUT2D eigenvalue weighted by atomic mass is 9.61. The van der Waals surface area contributed by atoms with Crippen LogP contribution in [-0.4, -0.2) is 80.8 Å². The number of methoxy groups -OCH3 is 1. The molecule has 0 spiro atoms. The van der Waals surface area contributed by atoms with Gasteiger partial charge in [0, 0.05) is 45.1 Å². The maximum absolute atomic E-state index is 13.0. The van der Waals surface area contributed by atoms with Crippen molar-refractivity contribution in [2.24, 2.45) is 11.8 Å². The van der Waals surface area contributed by atoms with Gasteiger partial charge in [-0.15, -0.1) is 0 Å². The highest BCUT2D eigenvalue weighted by Crippen LogP contribution is 2.66. The van der Waals surface area contributed by atoms with E-state index in [1.165, 1.54) is 7.11 Å². The van der Waals surface area contributed by atoms with Gasteiger partial charge in [-0.2, -0.15) is 0 Å². The second-order valence-electron chi connectivity index (χ2n) is 16.1. The van der Waals surface area contributed by atoms with Crippen LogP contribution < -0.4 is 18.9 Å². The first kappa shape index (κ1) is 38.5. The molecular formula is C43H52O10S2. The van der Waals surface area contributed by atoms with Crippen molar-refractivity contribution in [3.63, 3.8) is 0 Å². The predicted octanol–water partition coefficient (Wildman–Crippen LogP) is 7.85. The van der Waals surface area contributed by atoms with Gasteiger partial charge in [-0.05, 0) is 97.6 Å². The van der Waals surface area contributed by atoms with E-state index in [0.29, 0.717) is 48.0 Å². The Labute approximate surface area is 330 Å². The molecule has 8 rings (SSSR count). The Kier molecular flexibility index (Phi) is 10.8. The minimum atomic E-state index is -1.47. The number of fused-ring (bicyclic) bond motifs is 7. The number of ether oxygens (including phenoxy) is 4. The molecule has 1 fully saturated rings. The van der Waals surface area contributed by atoms with Gasteiger partial charge in [-0.1, -0.05) is 53.7 Å². The molecule has 2 aliphatic heterocycles. The molecule has 12 heteroatoms. The molecular weight excluding hydrogens is 741 g/mol. The van der Waals surface area contributed by atoms with Gasteiger partial charge in [-0.3, -0.25) is 0 Å². The fourth-order valence-corrected chi connectivity index (χ4v) is 13.2. The van der Waals surface area contributed by atoms with E-state index in [1.54, 1.807) is 22.9 Å². The summed E-state index contributed by atoms with van der Waals surface area (Å²) in [7, 11) is 5.01. The van der Waals surface area contributed by atoms with Crippen molar-refractivity contribution in [3.8, 4) is 51.4 Å². The molecule has 3 aromatic carbocycles. The van der Waals surface area contributed by atoms with Crippen molar-refractivity contribution in [3.05, 3.63) is 64.7 Å². The van der Waals surface area contributed by atoms with Crippen LogP contribution in [0, 0.1) is 11.8 Å². The SMILES string of the molecule is COc1c(O)c(OCCC(C)C)cc([C@@]23CC[C@H]4SS[C@H]5C=CC[C@H](CC[C@@H]6c7cc(O)ccc7-c7c(OCCO)cc(c(c7[C@@H]6CO)[C@@H]4[C@H]2O)O3)C5)c1O.